The molecule has 0 aromatic heterocycles. The highest BCUT2D eigenvalue weighted by Crippen LogP contribution is 2.31. The molecule has 2 heterocycles. The van der Waals surface area contributed by atoms with Gasteiger partial charge in [0.15, 0.2) is 18.1 Å². The second kappa shape index (κ2) is 8.90. The van der Waals surface area contributed by atoms with Gasteiger partial charge in [-0.05, 0) is 36.8 Å². The van der Waals surface area contributed by atoms with Crippen LogP contribution < -0.4 is 14.2 Å². The number of esters is 1. The van der Waals surface area contributed by atoms with Gasteiger partial charge in [-0.2, -0.15) is 0 Å². The second-order valence-corrected chi connectivity index (χ2v) is 6.96. The van der Waals surface area contributed by atoms with E-state index in [0.29, 0.717) is 43.4 Å². The van der Waals surface area contributed by atoms with Crippen LogP contribution in [0.1, 0.15) is 18.1 Å². The van der Waals surface area contributed by atoms with Crippen LogP contribution in [0.15, 0.2) is 48.0 Å². The zero-order chi connectivity index (χ0) is 20.9. The van der Waals surface area contributed by atoms with Gasteiger partial charge >= 0.3 is 5.97 Å². The minimum Gasteiger partial charge on any atom is -0.488 e. The minimum atomic E-state index is -0.548. The molecular formula is C23H23NO6. The Labute approximate surface area is 174 Å². The summed E-state index contributed by atoms with van der Waals surface area (Å²) in [6, 6.07) is 13.1. The zero-order valence-electron chi connectivity index (χ0n) is 16.8. The average Bonchev–Trinajstić information content (AvgIpc) is 2.80. The van der Waals surface area contributed by atoms with E-state index in [2.05, 4.69) is 0 Å². The fourth-order valence-corrected chi connectivity index (χ4v) is 3.33. The number of hydrogen-bond donors (Lipinski definition) is 0. The van der Waals surface area contributed by atoms with Crippen molar-refractivity contribution in [3.63, 3.8) is 0 Å². The Morgan fingerprint density at radius 3 is 2.63 bits per heavy atom. The van der Waals surface area contributed by atoms with Crippen LogP contribution in [0, 0.1) is 0 Å². The maximum atomic E-state index is 12.6. The smallest absolute Gasteiger partial charge is 0.338 e. The van der Waals surface area contributed by atoms with Crippen molar-refractivity contribution < 1.29 is 28.5 Å². The van der Waals surface area contributed by atoms with Crippen molar-refractivity contribution in [2.24, 2.45) is 0 Å². The van der Waals surface area contributed by atoms with Crippen LogP contribution in [0.2, 0.25) is 0 Å². The fraction of sp³-hybridized carbons (Fsp3) is 0.304. The molecule has 0 saturated heterocycles. The van der Waals surface area contributed by atoms with Gasteiger partial charge in [0.25, 0.3) is 5.91 Å². The van der Waals surface area contributed by atoms with Crippen LogP contribution in [0.5, 0.6) is 17.2 Å². The standard InChI is InChI=1S/C23H23NO6/c1-2-24(13-16-7-8-20-21(11-16)28-10-9-27-20)22(25)15-30-23(26)18-12-17-5-3-4-6-19(17)29-14-18/h3-8,11-12H,2,9-10,13-15H2,1H3. The largest absolute Gasteiger partial charge is 0.488 e. The van der Waals surface area contributed by atoms with Gasteiger partial charge < -0.3 is 23.8 Å². The van der Waals surface area contributed by atoms with Gasteiger partial charge in [-0.1, -0.05) is 24.3 Å². The van der Waals surface area contributed by atoms with E-state index in [1.165, 1.54) is 0 Å². The summed E-state index contributed by atoms with van der Waals surface area (Å²) in [6.07, 6.45) is 1.73. The van der Waals surface area contributed by atoms with E-state index in [9.17, 15) is 9.59 Å². The number of para-hydroxylation sites is 1. The number of hydrogen-bond acceptors (Lipinski definition) is 6. The molecule has 0 saturated carbocycles. The Morgan fingerprint density at radius 1 is 1.00 bits per heavy atom. The van der Waals surface area contributed by atoms with Gasteiger partial charge in [0, 0.05) is 18.7 Å². The molecule has 0 radical (unpaired) electrons. The molecule has 0 fully saturated rings. The van der Waals surface area contributed by atoms with Crippen LogP contribution in [-0.2, 0) is 20.9 Å². The summed E-state index contributed by atoms with van der Waals surface area (Å²) in [5.74, 6) is 1.30. The van der Waals surface area contributed by atoms with Crippen molar-refractivity contribution in [1.82, 2.24) is 4.90 Å². The third kappa shape index (κ3) is 4.40. The molecule has 7 heteroatoms. The van der Waals surface area contributed by atoms with Crippen molar-refractivity contribution in [3.05, 3.63) is 59.2 Å². The molecule has 0 unspecified atom stereocenters. The van der Waals surface area contributed by atoms with Gasteiger partial charge in [0.2, 0.25) is 0 Å². The molecule has 7 nitrogen and oxygen atoms in total. The Balaban J connectivity index is 1.34. The Kier molecular flexibility index (Phi) is 5.88. The molecular weight excluding hydrogens is 386 g/mol. The van der Waals surface area contributed by atoms with Crippen LogP contribution in [0.25, 0.3) is 6.08 Å². The van der Waals surface area contributed by atoms with Gasteiger partial charge in [-0.25, -0.2) is 4.79 Å². The molecule has 0 spiro atoms. The van der Waals surface area contributed by atoms with Crippen LogP contribution >= 0.6 is 0 Å². The molecule has 2 aliphatic rings. The van der Waals surface area contributed by atoms with E-state index in [1.54, 1.807) is 11.0 Å². The molecule has 0 atom stereocenters. The lowest BCUT2D eigenvalue weighted by Gasteiger charge is -2.23. The van der Waals surface area contributed by atoms with Crippen molar-refractivity contribution >= 4 is 18.0 Å². The Hall–Kier alpha value is -3.48. The third-order valence-electron chi connectivity index (χ3n) is 4.94. The normalized spacial score (nSPS) is 14.1. The number of amides is 1. The first kappa shape index (κ1) is 19.8. The summed E-state index contributed by atoms with van der Waals surface area (Å²) in [5, 5.41) is 0. The number of likely N-dealkylation sites (N-methyl/N-ethyl adjacent to an activating group) is 1. The quantitative estimate of drug-likeness (QED) is 0.683. The van der Waals surface area contributed by atoms with E-state index in [1.807, 2.05) is 49.4 Å². The number of fused-ring (bicyclic) bond motifs is 2. The average molecular weight is 409 g/mol. The highest BCUT2D eigenvalue weighted by atomic mass is 16.6. The molecule has 4 rings (SSSR count). The summed E-state index contributed by atoms with van der Waals surface area (Å²) in [5.41, 5.74) is 2.12. The number of rotatable bonds is 6. The van der Waals surface area contributed by atoms with Crippen molar-refractivity contribution in [1.29, 1.82) is 0 Å². The first-order valence-corrected chi connectivity index (χ1v) is 9.90. The summed E-state index contributed by atoms with van der Waals surface area (Å²) in [7, 11) is 0. The van der Waals surface area contributed by atoms with Crippen molar-refractivity contribution in [2.45, 2.75) is 13.5 Å². The zero-order valence-corrected chi connectivity index (χ0v) is 16.8. The second-order valence-electron chi connectivity index (χ2n) is 6.96. The number of ether oxygens (including phenoxy) is 4. The molecule has 156 valence electrons. The van der Waals surface area contributed by atoms with Gasteiger partial charge in [0.05, 0.1) is 5.57 Å². The van der Waals surface area contributed by atoms with Crippen molar-refractivity contribution in [3.8, 4) is 17.2 Å². The number of carbonyl (C=O) groups excluding carboxylic acids is 2. The SMILES string of the molecule is CCN(Cc1ccc2c(c1)OCCO2)C(=O)COC(=O)C1=Cc2ccccc2OC1. The lowest BCUT2D eigenvalue weighted by molar-refractivity contribution is -0.149. The predicted molar refractivity (Wildman–Crippen MR) is 109 cm³/mol. The molecule has 0 bridgehead atoms. The predicted octanol–water partition coefficient (Wildman–Crippen LogP) is 2.83. The number of nitrogens with zero attached hydrogens (tertiary/aromatic N) is 1. The summed E-state index contributed by atoms with van der Waals surface area (Å²) < 4.78 is 21.9. The minimum absolute atomic E-state index is 0.124. The van der Waals surface area contributed by atoms with Crippen LogP contribution in [0.3, 0.4) is 0 Å². The first-order valence-electron chi connectivity index (χ1n) is 9.90. The summed E-state index contributed by atoms with van der Waals surface area (Å²) in [6.45, 7) is 3.60. The molecule has 2 aromatic carbocycles. The molecule has 2 aliphatic heterocycles. The lowest BCUT2D eigenvalue weighted by Crippen LogP contribution is -2.34. The molecule has 1 amide bonds. The van der Waals surface area contributed by atoms with Crippen LogP contribution in [0.4, 0.5) is 0 Å². The van der Waals surface area contributed by atoms with E-state index in [4.69, 9.17) is 18.9 Å². The topological polar surface area (TPSA) is 74.3 Å². The Bertz CT molecular complexity index is 983. The van der Waals surface area contributed by atoms with Gasteiger partial charge in [0.1, 0.15) is 25.6 Å². The van der Waals surface area contributed by atoms with Crippen molar-refractivity contribution in [2.75, 3.05) is 33.0 Å². The van der Waals surface area contributed by atoms with E-state index < -0.39 is 5.97 Å². The molecule has 2 aromatic rings. The van der Waals surface area contributed by atoms with E-state index in [0.717, 1.165) is 16.9 Å². The third-order valence-corrected chi connectivity index (χ3v) is 4.94. The maximum absolute atomic E-state index is 12.6. The molecule has 0 aliphatic carbocycles. The summed E-state index contributed by atoms with van der Waals surface area (Å²) in [4.78, 5) is 26.6. The lowest BCUT2D eigenvalue weighted by atomic mass is 10.1. The highest BCUT2D eigenvalue weighted by Gasteiger charge is 2.21. The highest BCUT2D eigenvalue weighted by molar-refractivity contribution is 5.96. The number of carbonyl (C=O) groups is 2. The number of benzene rings is 2. The summed E-state index contributed by atoms with van der Waals surface area (Å²) >= 11 is 0. The molecule has 30 heavy (non-hydrogen) atoms. The van der Waals surface area contributed by atoms with Gasteiger partial charge in [-0.3, -0.25) is 4.79 Å². The molecule has 0 N–H and O–H groups in total. The monoisotopic (exact) mass is 409 g/mol. The fourth-order valence-electron chi connectivity index (χ4n) is 3.33. The van der Waals surface area contributed by atoms with Crippen LogP contribution in [-0.4, -0.2) is 49.7 Å². The first-order chi connectivity index (χ1) is 14.6. The van der Waals surface area contributed by atoms with Gasteiger partial charge in [-0.15, -0.1) is 0 Å². The Morgan fingerprint density at radius 2 is 1.80 bits per heavy atom. The van der Waals surface area contributed by atoms with E-state index in [-0.39, 0.29) is 19.1 Å². The van der Waals surface area contributed by atoms with E-state index >= 15 is 0 Å². The maximum Gasteiger partial charge on any atom is 0.338 e.